The lowest BCUT2D eigenvalue weighted by Crippen LogP contribution is -2.58. The monoisotopic (exact) mass is 525 g/mol. The van der Waals surface area contributed by atoms with Gasteiger partial charge in [0, 0.05) is 0 Å². The smallest absolute Gasteiger partial charge is 0.207 e. The third-order valence-corrected chi connectivity index (χ3v) is 6.87. The molecule has 5 rings (SSSR count). The normalized spacial score (nSPS) is 21.0. The molecule has 0 radical (unpaired) electrons. The highest BCUT2D eigenvalue weighted by atomic mass is 16.6. The number of rotatable bonds is 13. The average molecular weight is 526 g/mol. The fourth-order valence-electron chi connectivity index (χ4n) is 4.76. The van der Waals surface area contributed by atoms with Crippen molar-refractivity contribution >= 4 is 0 Å². The fraction of sp³-hybridized carbons (Fsp3) is 0.294. The molecule has 2 unspecified atom stereocenters. The van der Waals surface area contributed by atoms with E-state index in [1.165, 1.54) is 0 Å². The van der Waals surface area contributed by atoms with Gasteiger partial charge in [-0.3, -0.25) is 0 Å². The summed E-state index contributed by atoms with van der Waals surface area (Å²) < 4.78 is 30.8. The van der Waals surface area contributed by atoms with E-state index >= 15 is 0 Å². The Morgan fingerprint density at radius 3 is 1.38 bits per heavy atom. The molecule has 1 N–H and O–H groups in total. The van der Waals surface area contributed by atoms with Crippen LogP contribution in [0.5, 0.6) is 0 Å². The van der Waals surface area contributed by atoms with Crippen molar-refractivity contribution in [3.63, 3.8) is 0 Å². The van der Waals surface area contributed by atoms with E-state index in [9.17, 15) is 0 Å². The summed E-state index contributed by atoms with van der Waals surface area (Å²) in [6.07, 6.45) is -1.03. The first-order valence-corrected chi connectivity index (χ1v) is 13.6. The molecule has 0 saturated carbocycles. The van der Waals surface area contributed by atoms with E-state index in [2.05, 4.69) is 48.5 Å². The summed E-state index contributed by atoms with van der Waals surface area (Å²) in [7, 11) is 0. The standard InChI is InChI=1S/C34H36O5/c1-5-13-27(14-6-1)21-35-25-31-33(38-23-29-17-9-3-10-18-29)34(39-24-30-19-11-4-12-20-30)32(26-37-31)36-22-28-15-7-2-8-16-28/h1-20,31-34H,21-26H2/p+1/t31?,32?,33-,34+/m0/s1. The molecule has 1 aliphatic heterocycles. The van der Waals surface area contributed by atoms with Crippen LogP contribution in [0.15, 0.2) is 121 Å². The minimum absolute atomic E-state index is 0.172. The predicted octanol–water partition coefficient (Wildman–Crippen LogP) is 5.87. The Morgan fingerprint density at radius 1 is 0.487 bits per heavy atom. The molecule has 5 nitrogen and oxygen atoms in total. The van der Waals surface area contributed by atoms with Crippen LogP contribution in [-0.4, -0.2) is 42.4 Å². The second-order valence-corrected chi connectivity index (χ2v) is 9.79. The molecule has 202 valence electrons. The summed E-state index contributed by atoms with van der Waals surface area (Å²) in [6.45, 7) is 2.93. The van der Waals surface area contributed by atoms with Gasteiger partial charge in [0.05, 0.1) is 26.4 Å². The number of ether oxygens (including phenoxy) is 5. The molecule has 4 aromatic rings. The van der Waals surface area contributed by atoms with E-state index in [1.54, 1.807) is 0 Å². The van der Waals surface area contributed by atoms with Gasteiger partial charge < -0.3 is 23.7 Å². The summed E-state index contributed by atoms with van der Waals surface area (Å²) in [4.78, 5) is 0. The summed E-state index contributed by atoms with van der Waals surface area (Å²) in [5, 5.41) is 0. The van der Waals surface area contributed by atoms with Crippen molar-refractivity contribution in [2.24, 2.45) is 0 Å². The highest BCUT2D eigenvalue weighted by Gasteiger charge is 2.47. The van der Waals surface area contributed by atoms with E-state index in [4.69, 9.17) is 23.7 Å². The second kappa shape index (κ2) is 14.7. The van der Waals surface area contributed by atoms with Gasteiger partial charge in [-0.05, 0) is 22.3 Å². The molecular formula is C34H37O5+. The van der Waals surface area contributed by atoms with Gasteiger partial charge in [0.25, 0.3) is 0 Å². The molecule has 4 aromatic carbocycles. The Bertz CT molecular complexity index is 1200. The van der Waals surface area contributed by atoms with Gasteiger partial charge in [-0.25, -0.2) is 0 Å². The highest BCUT2D eigenvalue weighted by molar-refractivity contribution is 5.16. The first-order chi connectivity index (χ1) is 19.3. The maximum absolute atomic E-state index is 6.60. The van der Waals surface area contributed by atoms with Crippen molar-refractivity contribution in [2.45, 2.75) is 50.8 Å². The number of benzene rings is 4. The predicted molar refractivity (Wildman–Crippen MR) is 152 cm³/mol. The van der Waals surface area contributed by atoms with Gasteiger partial charge in [-0.2, -0.15) is 0 Å². The van der Waals surface area contributed by atoms with Gasteiger partial charge in [0.1, 0.15) is 12.7 Å². The first-order valence-electron chi connectivity index (χ1n) is 13.6. The second-order valence-electron chi connectivity index (χ2n) is 9.79. The van der Waals surface area contributed by atoms with Crippen molar-refractivity contribution in [2.75, 3.05) is 13.2 Å². The van der Waals surface area contributed by atoms with Gasteiger partial charge >= 0.3 is 0 Å². The van der Waals surface area contributed by atoms with Crippen LogP contribution in [-0.2, 0) is 45.4 Å². The Hall–Kier alpha value is -3.32. The molecule has 1 fully saturated rings. The first kappa shape index (κ1) is 27.3. The van der Waals surface area contributed by atoms with Gasteiger partial charge in [0.15, 0.2) is 18.8 Å². The molecule has 39 heavy (non-hydrogen) atoms. The zero-order valence-corrected chi connectivity index (χ0v) is 22.2. The van der Waals surface area contributed by atoms with E-state index in [0.717, 1.165) is 22.3 Å². The third kappa shape index (κ3) is 8.33. The van der Waals surface area contributed by atoms with E-state index in [-0.39, 0.29) is 24.4 Å². The molecule has 0 bridgehead atoms. The quantitative estimate of drug-likeness (QED) is 0.205. The van der Waals surface area contributed by atoms with Crippen LogP contribution in [0.25, 0.3) is 0 Å². The molecule has 0 amide bonds. The van der Waals surface area contributed by atoms with Crippen LogP contribution in [0.4, 0.5) is 0 Å². The molecule has 1 heterocycles. The van der Waals surface area contributed by atoms with Gasteiger partial charge in [-0.15, -0.1) is 0 Å². The summed E-state index contributed by atoms with van der Waals surface area (Å²) in [6, 6.07) is 40.9. The third-order valence-electron chi connectivity index (χ3n) is 6.87. The Balaban J connectivity index is 1.32. The van der Waals surface area contributed by atoms with Crippen molar-refractivity contribution in [3.05, 3.63) is 144 Å². The minimum atomic E-state index is -0.320. The van der Waals surface area contributed by atoms with Crippen LogP contribution in [0.2, 0.25) is 0 Å². The van der Waals surface area contributed by atoms with Crippen molar-refractivity contribution in [3.8, 4) is 0 Å². The van der Waals surface area contributed by atoms with Crippen LogP contribution >= 0.6 is 0 Å². The van der Waals surface area contributed by atoms with Gasteiger partial charge in [-0.1, -0.05) is 121 Å². The molecule has 1 aliphatic rings. The van der Waals surface area contributed by atoms with E-state index in [0.29, 0.717) is 39.6 Å². The zero-order valence-electron chi connectivity index (χ0n) is 22.2. The Labute approximate surface area is 231 Å². The van der Waals surface area contributed by atoms with Crippen molar-refractivity contribution in [1.29, 1.82) is 0 Å². The summed E-state index contributed by atoms with van der Waals surface area (Å²) in [5.41, 5.74) is 4.47. The molecule has 0 aliphatic carbocycles. The van der Waals surface area contributed by atoms with Crippen LogP contribution < -0.4 is 0 Å². The summed E-state index contributed by atoms with van der Waals surface area (Å²) in [5.74, 6) is 0. The minimum Gasteiger partial charge on any atom is -0.426 e. The molecule has 1 saturated heterocycles. The summed E-state index contributed by atoms with van der Waals surface area (Å²) >= 11 is 0. The Kier molecular flexibility index (Phi) is 10.3. The highest BCUT2D eigenvalue weighted by Crippen LogP contribution is 2.26. The SMILES string of the molecule is c1ccc(COCC2[OH+]CC(OCc3ccccc3)[C@@H](OCc3ccccc3)[C@H]2OCc2ccccc2)cc1. The molecular weight excluding hydrogens is 488 g/mol. The average Bonchev–Trinajstić information content (AvgIpc) is 3.00. The lowest BCUT2D eigenvalue weighted by atomic mass is 9.99. The number of hydrogen-bond acceptors (Lipinski definition) is 4. The van der Waals surface area contributed by atoms with Crippen LogP contribution in [0.1, 0.15) is 22.3 Å². The lowest BCUT2D eigenvalue weighted by Gasteiger charge is -2.39. The van der Waals surface area contributed by atoms with Crippen LogP contribution in [0.3, 0.4) is 0 Å². The molecule has 4 atom stereocenters. The molecule has 0 spiro atoms. The number of hydrogen-bond donors (Lipinski definition) is 0. The molecule has 5 heteroatoms. The zero-order chi connectivity index (χ0) is 26.5. The van der Waals surface area contributed by atoms with E-state index < -0.39 is 0 Å². The fourth-order valence-corrected chi connectivity index (χ4v) is 4.76. The molecule has 0 aromatic heterocycles. The van der Waals surface area contributed by atoms with Gasteiger partial charge in [0.2, 0.25) is 6.10 Å². The maximum Gasteiger partial charge on any atom is 0.207 e. The topological polar surface area (TPSA) is 49.7 Å². The van der Waals surface area contributed by atoms with Crippen molar-refractivity contribution < 1.29 is 23.7 Å². The van der Waals surface area contributed by atoms with Crippen LogP contribution in [0, 0.1) is 0 Å². The maximum atomic E-state index is 6.60. The lowest BCUT2D eigenvalue weighted by molar-refractivity contribution is -0.297. The Morgan fingerprint density at radius 2 is 0.897 bits per heavy atom. The number of aliphatic hydroxyl groups is 2. The van der Waals surface area contributed by atoms with Crippen molar-refractivity contribution in [1.82, 2.24) is 0 Å². The van der Waals surface area contributed by atoms with E-state index in [1.807, 2.05) is 72.8 Å². The largest absolute Gasteiger partial charge is 0.426 e.